The van der Waals surface area contributed by atoms with Crippen LogP contribution in [0, 0.1) is 0 Å². The third-order valence-electron chi connectivity index (χ3n) is 2.16. The summed E-state index contributed by atoms with van der Waals surface area (Å²) < 4.78 is 5.10. The standard InChI is InChI=1S/C11H17NO2/c1-11(2,3)7-5-10(14-4)8(12)6-9(7)13/h5-6,13H,12H2,1-4H3. The van der Waals surface area contributed by atoms with Crippen molar-refractivity contribution in [1.29, 1.82) is 0 Å². The van der Waals surface area contributed by atoms with Crippen LogP contribution in [0.1, 0.15) is 26.3 Å². The van der Waals surface area contributed by atoms with Crippen molar-refractivity contribution >= 4 is 5.69 Å². The molecule has 14 heavy (non-hydrogen) atoms. The summed E-state index contributed by atoms with van der Waals surface area (Å²) in [4.78, 5) is 0. The number of ether oxygens (including phenoxy) is 1. The minimum Gasteiger partial charge on any atom is -0.508 e. The van der Waals surface area contributed by atoms with Gasteiger partial charge in [-0.3, -0.25) is 0 Å². The van der Waals surface area contributed by atoms with E-state index in [1.165, 1.54) is 6.07 Å². The molecular formula is C11H17NO2. The number of hydrogen-bond acceptors (Lipinski definition) is 3. The summed E-state index contributed by atoms with van der Waals surface area (Å²) >= 11 is 0. The van der Waals surface area contributed by atoms with Gasteiger partial charge in [-0.25, -0.2) is 0 Å². The Morgan fingerprint density at radius 3 is 2.29 bits per heavy atom. The molecule has 1 aromatic rings. The fourth-order valence-corrected chi connectivity index (χ4v) is 1.36. The van der Waals surface area contributed by atoms with Crippen LogP contribution in [0.3, 0.4) is 0 Å². The van der Waals surface area contributed by atoms with Crippen molar-refractivity contribution in [3.05, 3.63) is 17.7 Å². The zero-order valence-corrected chi connectivity index (χ0v) is 9.09. The van der Waals surface area contributed by atoms with Crippen LogP contribution >= 0.6 is 0 Å². The quantitative estimate of drug-likeness (QED) is 0.676. The molecule has 0 aliphatic rings. The van der Waals surface area contributed by atoms with Gasteiger partial charge < -0.3 is 15.6 Å². The molecule has 1 rings (SSSR count). The third kappa shape index (κ3) is 1.92. The first-order valence-electron chi connectivity index (χ1n) is 4.53. The lowest BCUT2D eigenvalue weighted by molar-refractivity contribution is 0.408. The number of phenols is 1. The lowest BCUT2D eigenvalue weighted by Gasteiger charge is -2.21. The molecule has 3 heteroatoms. The molecule has 0 saturated heterocycles. The number of methoxy groups -OCH3 is 1. The van der Waals surface area contributed by atoms with Crippen LogP contribution in [-0.4, -0.2) is 12.2 Å². The van der Waals surface area contributed by atoms with Gasteiger partial charge in [0.1, 0.15) is 11.5 Å². The van der Waals surface area contributed by atoms with Gasteiger partial charge in [0.25, 0.3) is 0 Å². The topological polar surface area (TPSA) is 55.5 Å². The predicted octanol–water partition coefficient (Wildman–Crippen LogP) is 2.28. The second-order valence-corrected chi connectivity index (χ2v) is 4.36. The fourth-order valence-electron chi connectivity index (χ4n) is 1.36. The number of hydrogen-bond donors (Lipinski definition) is 2. The van der Waals surface area contributed by atoms with Gasteiger partial charge in [0.2, 0.25) is 0 Å². The SMILES string of the molecule is COc1cc(C(C)(C)C)c(O)cc1N. The van der Waals surface area contributed by atoms with Crippen molar-refractivity contribution in [2.45, 2.75) is 26.2 Å². The Bertz CT molecular complexity index is 340. The third-order valence-corrected chi connectivity index (χ3v) is 2.16. The average molecular weight is 195 g/mol. The molecule has 3 nitrogen and oxygen atoms in total. The molecule has 3 N–H and O–H groups in total. The van der Waals surface area contributed by atoms with Gasteiger partial charge in [0.15, 0.2) is 0 Å². The molecule has 0 bridgehead atoms. The minimum atomic E-state index is -0.120. The average Bonchev–Trinajstić information content (AvgIpc) is 2.02. The zero-order chi connectivity index (χ0) is 10.9. The molecule has 0 aliphatic carbocycles. The van der Waals surface area contributed by atoms with Crippen LogP contribution in [0.5, 0.6) is 11.5 Å². The van der Waals surface area contributed by atoms with Gasteiger partial charge >= 0.3 is 0 Å². The lowest BCUT2D eigenvalue weighted by atomic mass is 9.86. The predicted molar refractivity (Wildman–Crippen MR) is 57.8 cm³/mol. The van der Waals surface area contributed by atoms with E-state index in [-0.39, 0.29) is 11.2 Å². The highest BCUT2D eigenvalue weighted by Gasteiger charge is 2.19. The van der Waals surface area contributed by atoms with Crippen LogP contribution in [0.25, 0.3) is 0 Å². The Labute approximate surface area is 84.5 Å². The number of phenolic OH excluding ortho intramolecular Hbond substituents is 1. The molecular weight excluding hydrogens is 178 g/mol. The summed E-state index contributed by atoms with van der Waals surface area (Å²) in [7, 11) is 1.56. The van der Waals surface area contributed by atoms with E-state index in [0.717, 1.165) is 5.56 Å². The molecule has 0 amide bonds. The Morgan fingerprint density at radius 1 is 1.29 bits per heavy atom. The van der Waals surface area contributed by atoms with E-state index < -0.39 is 0 Å². The Hall–Kier alpha value is -1.38. The van der Waals surface area contributed by atoms with E-state index in [1.54, 1.807) is 13.2 Å². The number of nitrogen functional groups attached to an aromatic ring is 1. The second kappa shape index (κ2) is 3.40. The first kappa shape index (κ1) is 10.7. The second-order valence-electron chi connectivity index (χ2n) is 4.36. The van der Waals surface area contributed by atoms with Gasteiger partial charge in [-0.05, 0) is 11.5 Å². The summed E-state index contributed by atoms with van der Waals surface area (Å²) in [6, 6.07) is 3.31. The van der Waals surface area contributed by atoms with Crippen LogP contribution in [0.2, 0.25) is 0 Å². The smallest absolute Gasteiger partial charge is 0.142 e. The maximum absolute atomic E-state index is 9.71. The summed E-state index contributed by atoms with van der Waals surface area (Å²) in [6.45, 7) is 6.08. The van der Waals surface area contributed by atoms with Crippen molar-refractivity contribution in [2.24, 2.45) is 0 Å². The summed E-state index contributed by atoms with van der Waals surface area (Å²) in [5.74, 6) is 0.823. The van der Waals surface area contributed by atoms with E-state index >= 15 is 0 Å². The van der Waals surface area contributed by atoms with Crippen molar-refractivity contribution in [1.82, 2.24) is 0 Å². The first-order valence-corrected chi connectivity index (χ1v) is 4.53. The Morgan fingerprint density at radius 2 is 1.86 bits per heavy atom. The molecule has 0 aliphatic heterocycles. The fraction of sp³-hybridized carbons (Fsp3) is 0.455. The highest BCUT2D eigenvalue weighted by atomic mass is 16.5. The minimum absolute atomic E-state index is 0.120. The van der Waals surface area contributed by atoms with Crippen molar-refractivity contribution in [3.8, 4) is 11.5 Å². The molecule has 0 spiro atoms. The number of rotatable bonds is 1. The Balaban J connectivity index is 3.32. The number of aromatic hydroxyl groups is 1. The maximum atomic E-state index is 9.71. The van der Waals surface area contributed by atoms with E-state index in [1.807, 2.05) is 20.8 Å². The number of nitrogens with two attached hydrogens (primary N) is 1. The van der Waals surface area contributed by atoms with Crippen LogP contribution in [0.15, 0.2) is 12.1 Å². The summed E-state index contributed by atoms with van der Waals surface area (Å²) in [6.07, 6.45) is 0. The van der Waals surface area contributed by atoms with E-state index in [0.29, 0.717) is 11.4 Å². The van der Waals surface area contributed by atoms with E-state index in [2.05, 4.69) is 0 Å². The van der Waals surface area contributed by atoms with E-state index in [4.69, 9.17) is 10.5 Å². The molecule has 1 aromatic carbocycles. The summed E-state index contributed by atoms with van der Waals surface area (Å²) in [5, 5.41) is 9.71. The van der Waals surface area contributed by atoms with Gasteiger partial charge in [-0.2, -0.15) is 0 Å². The van der Waals surface area contributed by atoms with Crippen LogP contribution < -0.4 is 10.5 Å². The van der Waals surface area contributed by atoms with Crippen molar-refractivity contribution in [2.75, 3.05) is 12.8 Å². The maximum Gasteiger partial charge on any atom is 0.142 e. The number of anilines is 1. The largest absolute Gasteiger partial charge is 0.508 e. The molecule has 78 valence electrons. The number of benzene rings is 1. The normalized spacial score (nSPS) is 11.4. The monoisotopic (exact) mass is 195 g/mol. The highest BCUT2D eigenvalue weighted by molar-refractivity contribution is 5.60. The van der Waals surface area contributed by atoms with Crippen LogP contribution in [-0.2, 0) is 5.41 Å². The first-order chi connectivity index (χ1) is 6.36. The molecule has 0 aromatic heterocycles. The van der Waals surface area contributed by atoms with Gasteiger partial charge in [0, 0.05) is 11.6 Å². The van der Waals surface area contributed by atoms with Gasteiger partial charge in [-0.1, -0.05) is 20.8 Å². The molecule has 0 unspecified atom stereocenters. The summed E-state index contributed by atoms with van der Waals surface area (Å²) in [5.41, 5.74) is 6.83. The molecule has 0 radical (unpaired) electrons. The van der Waals surface area contributed by atoms with E-state index in [9.17, 15) is 5.11 Å². The lowest BCUT2D eigenvalue weighted by Crippen LogP contribution is -2.12. The molecule has 0 saturated carbocycles. The highest BCUT2D eigenvalue weighted by Crippen LogP contribution is 2.36. The molecule has 0 heterocycles. The molecule has 0 atom stereocenters. The molecule has 0 fully saturated rings. The van der Waals surface area contributed by atoms with Crippen molar-refractivity contribution in [3.63, 3.8) is 0 Å². The van der Waals surface area contributed by atoms with Gasteiger partial charge in [-0.15, -0.1) is 0 Å². The zero-order valence-electron chi connectivity index (χ0n) is 9.09. The van der Waals surface area contributed by atoms with Crippen LogP contribution in [0.4, 0.5) is 5.69 Å². The van der Waals surface area contributed by atoms with Crippen molar-refractivity contribution < 1.29 is 9.84 Å². The van der Waals surface area contributed by atoms with Gasteiger partial charge in [0.05, 0.1) is 12.8 Å². The Kier molecular flexibility index (Phi) is 2.60.